The first-order valence-electron chi connectivity index (χ1n) is 6.24. The van der Waals surface area contributed by atoms with E-state index in [0.29, 0.717) is 0 Å². The number of aromatic nitrogens is 1. The lowest BCUT2D eigenvalue weighted by Gasteiger charge is -2.44. The fourth-order valence-electron chi connectivity index (χ4n) is 2.36. The van der Waals surface area contributed by atoms with Crippen LogP contribution in [0.15, 0.2) is 24.4 Å². The molecule has 0 aliphatic carbocycles. The van der Waals surface area contributed by atoms with E-state index in [2.05, 4.69) is 29.0 Å². The van der Waals surface area contributed by atoms with Crippen molar-refractivity contribution in [2.45, 2.75) is 25.4 Å². The molecule has 0 bridgehead atoms. The van der Waals surface area contributed by atoms with E-state index in [-0.39, 0.29) is 11.6 Å². The van der Waals surface area contributed by atoms with E-state index >= 15 is 0 Å². The van der Waals surface area contributed by atoms with Crippen LogP contribution < -0.4 is 11.1 Å². The van der Waals surface area contributed by atoms with Crippen molar-refractivity contribution >= 4 is 0 Å². The lowest BCUT2D eigenvalue weighted by Crippen LogP contribution is -2.57. The first-order chi connectivity index (χ1) is 8.12. The largest absolute Gasteiger partial charge is 0.321 e. The first kappa shape index (κ1) is 12.5. The van der Waals surface area contributed by atoms with Crippen molar-refractivity contribution in [1.82, 2.24) is 15.2 Å². The van der Waals surface area contributed by atoms with Crippen molar-refractivity contribution in [3.63, 3.8) is 0 Å². The molecule has 0 spiro atoms. The molecule has 1 aliphatic rings. The fraction of sp³-hybridized carbons (Fsp3) is 0.615. The Morgan fingerprint density at radius 1 is 1.35 bits per heavy atom. The minimum Gasteiger partial charge on any atom is -0.321 e. The Kier molecular flexibility index (Phi) is 3.76. The number of nitrogens with one attached hydrogen (secondary N) is 1. The molecule has 0 saturated carbocycles. The van der Waals surface area contributed by atoms with Crippen LogP contribution in [-0.2, 0) is 0 Å². The van der Waals surface area contributed by atoms with Crippen LogP contribution in [0.25, 0.3) is 0 Å². The second-order valence-electron chi connectivity index (χ2n) is 5.12. The highest BCUT2D eigenvalue weighted by atomic mass is 15.3. The standard InChI is InChI=1S/C13H22N4/c1-13(2,17-9-7-15-8-10-17)12(14)11-5-3-4-6-16-11/h3-6,12,15H,7-10,14H2,1-2H3. The second kappa shape index (κ2) is 5.12. The van der Waals surface area contributed by atoms with Gasteiger partial charge in [0.05, 0.1) is 11.7 Å². The van der Waals surface area contributed by atoms with Crippen molar-refractivity contribution in [3.05, 3.63) is 30.1 Å². The molecule has 4 nitrogen and oxygen atoms in total. The molecule has 2 heterocycles. The lowest BCUT2D eigenvalue weighted by molar-refractivity contribution is 0.0788. The molecule has 94 valence electrons. The molecule has 17 heavy (non-hydrogen) atoms. The third-order valence-electron chi connectivity index (χ3n) is 3.70. The van der Waals surface area contributed by atoms with Crippen LogP contribution in [0.3, 0.4) is 0 Å². The number of nitrogens with two attached hydrogens (primary N) is 1. The van der Waals surface area contributed by atoms with Crippen molar-refractivity contribution < 1.29 is 0 Å². The molecule has 1 saturated heterocycles. The van der Waals surface area contributed by atoms with Gasteiger partial charge in [-0.15, -0.1) is 0 Å². The van der Waals surface area contributed by atoms with Crippen molar-refractivity contribution in [1.29, 1.82) is 0 Å². The monoisotopic (exact) mass is 234 g/mol. The third-order valence-corrected chi connectivity index (χ3v) is 3.70. The molecule has 0 amide bonds. The Balaban J connectivity index is 2.13. The molecular weight excluding hydrogens is 212 g/mol. The van der Waals surface area contributed by atoms with E-state index in [0.717, 1.165) is 31.9 Å². The van der Waals surface area contributed by atoms with Gasteiger partial charge in [-0.05, 0) is 26.0 Å². The van der Waals surface area contributed by atoms with Crippen LogP contribution in [0.4, 0.5) is 0 Å². The molecule has 1 atom stereocenters. The SMILES string of the molecule is CC(C)(C(N)c1ccccn1)N1CCNCC1. The van der Waals surface area contributed by atoms with E-state index in [1.807, 2.05) is 24.4 Å². The predicted molar refractivity (Wildman–Crippen MR) is 69.7 cm³/mol. The number of rotatable bonds is 3. The predicted octanol–water partition coefficient (Wildman–Crippen LogP) is 0.765. The van der Waals surface area contributed by atoms with Gasteiger partial charge in [0.1, 0.15) is 0 Å². The molecular formula is C13H22N4. The molecule has 1 fully saturated rings. The van der Waals surface area contributed by atoms with Gasteiger partial charge in [-0.1, -0.05) is 6.07 Å². The van der Waals surface area contributed by atoms with E-state index in [1.165, 1.54) is 0 Å². The zero-order valence-electron chi connectivity index (χ0n) is 10.7. The van der Waals surface area contributed by atoms with Gasteiger partial charge < -0.3 is 11.1 Å². The van der Waals surface area contributed by atoms with E-state index in [4.69, 9.17) is 5.73 Å². The average molecular weight is 234 g/mol. The fourth-order valence-corrected chi connectivity index (χ4v) is 2.36. The summed E-state index contributed by atoms with van der Waals surface area (Å²) in [5.74, 6) is 0. The smallest absolute Gasteiger partial charge is 0.0651 e. The van der Waals surface area contributed by atoms with Gasteiger partial charge in [-0.25, -0.2) is 0 Å². The normalized spacial score (nSPS) is 20.2. The molecule has 1 unspecified atom stereocenters. The second-order valence-corrected chi connectivity index (χ2v) is 5.12. The van der Waals surface area contributed by atoms with Gasteiger partial charge in [0.2, 0.25) is 0 Å². The Hall–Kier alpha value is -0.970. The van der Waals surface area contributed by atoms with Gasteiger partial charge in [0, 0.05) is 37.9 Å². The Morgan fingerprint density at radius 3 is 2.65 bits per heavy atom. The van der Waals surface area contributed by atoms with Crippen LogP contribution in [-0.4, -0.2) is 41.6 Å². The number of pyridine rings is 1. The molecule has 0 aromatic carbocycles. The Labute approximate surface area is 103 Å². The number of hydrogen-bond acceptors (Lipinski definition) is 4. The maximum absolute atomic E-state index is 6.38. The summed E-state index contributed by atoms with van der Waals surface area (Å²) in [6.07, 6.45) is 1.81. The van der Waals surface area contributed by atoms with Gasteiger partial charge in [-0.3, -0.25) is 9.88 Å². The van der Waals surface area contributed by atoms with Crippen LogP contribution in [0.2, 0.25) is 0 Å². The molecule has 1 aromatic heterocycles. The molecule has 4 heteroatoms. The Bertz CT molecular complexity index is 344. The van der Waals surface area contributed by atoms with Crippen LogP contribution >= 0.6 is 0 Å². The van der Waals surface area contributed by atoms with Crippen LogP contribution in [0.1, 0.15) is 25.6 Å². The molecule has 1 aromatic rings. The third kappa shape index (κ3) is 2.65. The van der Waals surface area contributed by atoms with Crippen molar-refractivity contribution in [3.8, 4) is 0 Å². The van der Waals surface area contributed by atoms with Crippen LogP contribution in [0, 0.1) is 0 Å². The van der Waals surface area contributed by atoms with E-state index < -0.39 is 0 Å². The zero-order valence-corrected chi connectivity index (χ0v) is 10.7. The highest BCUT2D eigenvalue weighted by Gasteiger charge is 2.35. The Morgan fingerprint density at radius 2 is 2.06 bits per heavy atom. The maximum atomic E-state index is 6.38. The van der Waals surface area contributed by atoms with E-state index in [1.54, 1.807) is 0 Å². The molecule has 3 N–H and O–H groups in total. The quantitative estimate of drug-likeness (QED) is 0.811. The summed E-state index contributed by atoms with van der Waals surface area (Å²) in [7, 11) is 0. The van der Waals surface area contributed by atoms with Gasteiger partial charge in [-0.2, -0.15) is 0 Å². The summed E-state index contributed by atoms with van der Waals surface area (Å²) in [4.78, 5) is 6.82. The van der Waals surface area contributed by atoms with Crippen LogP contribution in [0.5, 0.6) is 0 Å². The van der Waals surface area contributed by atoms with Gasteiger partial charge in [0.15, 0.2) is 0 Å². The summed E-state index contributed by atoms with van der Waals surface area (Å²) >= 11 is 0. The number of hydrogen-bond donors (Lipinski definition) is 2. The van der Waals surface area contributed by atoms with Crippen molar-refractivity contribution in [2.24, 2.45) is 5.73 Å². The maximum Gasteiger partial charge on any atom is 0.0651 e. The average Bonchev–Trinajstić information content (AvgIpc) is 2.40. The minimum atomic E-state index is -0.0591. The summed E-state index contributed by atoms with van der Waals surface area (Å²) in [5.41, 5.74) is 7.29. The topological polar surface area (TPSA) is 54.2 Å². The zero-order chi connectivity index (χ0) is 12.3. The number of nitrogens with zero attached hydrogens (tertiary/aromatic N) is 2. The molecule has 2 rings (SSSR count). The molecule has 0 radical (unpaired) electrons. The summed E-state index contributed by atoms with van der Waals surface area (Å²) < 4.78 is 0. The summed E-state index contributed by atoms with van der Waals surface area (Å²) in [6, 6.07) is 5.88. The van der Waals surface area contributed by atoms with Gasteiger partial charge in [0.25, 0.3) is 0 Å². The van der Waals surface area contributed by atoms with Gasteiger partial charge >= 0.3 is 0 Å². The highest BCUT2D eigenvalue weighted by molar-refractivity contribution is 5.13. The lowest BCUT2D eigenvalue weighted by atomic mass is 9.89. The number of piperazine rings is 1. The molecule has 1 aliphatic heterocycles. The van der Waals surface area contributed by atoms with E-state index in [9.17, 15) is 0 Å². The minimum absolute atomic E-state index is 0.0539. The first-order valence-corrected chi connectivity index (χ1v) is 6.24. The highest BCUT2D eigenvalue weighted by Crippen LogP contribution is 2.27. The summed E-state index contributed by atoms with van der Waals surface area (Å²) in [6.45, 7) is 8.59. The summed E-state index contributed by atoms with van der Waals surface area (Å²) in [5, 5.41) is 3.37. The van der Waals surface area contributed by atoms with Crippen molar-refractivity contribution in [2.75, 3.05) is 26.2 Å².